The number of rotatable bonds is 5. The normalized spacial score (nSPS) is 12.5. The van der Waals surface area contributed by atoms with Crippen molar-refractivity contribution in [2.24, 2.45) is 0 Å². The van der Waals surface area contributed by atoms with Gasteiger partial charge in [-0.15, -0.1) is 11.6 Å². The molecule has 1 aromatic heterocycles. The van der Waals surface area contributed by atoms with Gasteiger partial charge in [0.15, 0.2) is 0 Å². The lowest BCUT2D eigenvalue weighted by atomic mass is 10.1. The lowest BCUT2D eigenvalue weighted by Gasteiger charge is -2.08. The summed E-state index contributed by atoms with van der Waals surface area (Å²) in [6.45, 7) is 2.10. The lowest BCUT2D eigenvalue weighted by molar-refractivity contribution is -0.384. The average Bonchev–Trinajstić information content (AvgIpc) is 2.38. The van der Waals surface area contributed by atoms with Gasteiger partial charge >= 0.3 is 0 Å². The lowest BCUT2D eigenvalue weighted by Crippen LogP contribution is -2.04. The minimum absolute atomic E-state index is 0.0863. The van der Waals surface area contributed by atoms with Crippen LogP contribution in [0, 0.1) is 10.1 Å². The molecule has 1 heterocycles. The van der Waals surface area contributed by atoms with Crippen LogP contribution >= 0.6 is 11.6 Å². The van der Waals surface area contributed by atoms with Crippen molar-refractivity contribution in [3.8, 4) is 0 Å². The number of alkyl halides is 1. The van der Waals surface area contributed by atoms with Gasteiger partial charge < -0.3 is 0 Å². The Labute approximate surface area is 116 Å². The number of nitro groups is 1. The van der Waals surface area contributed by atoms with Crippen molar-refractivity contribution in [2.75, 3.05) is 0 Å². The Kier molecular flexibility index (Phi) is 4.32. The first-order chi connectivity index (χ1) is 9.10. The molecule has 100 valence electrons. The van der Waals surface area contributed by atoms with Crippen LogP contribution in [-0.4, -0.2) is 15.3 Å². The van der Waals surface area contributed by atoms with Crippen LogP contribution < -0.4 is 0 Å². The number of pyridine rings is 1. The highest BCUT2D eigenvalue weighted by Crippen LogP contribution is 2.21. The molecule has 0 amide bonds. The molecule has 0 saturated heterocycles. The second kappa shape index (κ2) is 5.97. The molecule has 0 aliphatic rings. The second-order valence-corrected chi connectivity index (χ2v) is 5.14. The quantitative estimate of drug-likeness (QED) is 0.470. The molecule has 0 saturated carbocycles. The van der Waals surface area contributed by atoms with Gasteiger partial charge in [0.25, 0.3) is 5.69 Å². The molecule has 4 nitrogen and oxygen atoms in total. The maximum Gasteiger partial charge on any atom is 0.270 e. The Morgan fingerprint density at radius 3 is 2.84 bits per heavy atom. The fourth-order valence-corrected chi connectivity index (χ4v) is 2.40. The summed E-state index contributed by atoms with van der Waals surface area (Å²) < 4.78 is 0. The Morgan fingerprint density at radius 2 is 2.16 bits per heavy atom. The van der Waals surface area contributed by atoms with Crippen LogP contribution in [0.1, 0.15) is 25.5 Å². The molecule has 0 aliphatic carbocycles. The molecule has 1 aromatic carbocycles. The fourth-order valence-electron chi connectivity index (χ4n) is 2.02. The van der Waals surface area contributed by atoms with Gasteiger partial charge in [0, 0.05) is 35.0 Å². The second-order valence-electron chi connectivity index (χ2n) is 4.53. The maximum atomic E-state index is 10.7. The summed E-state index contributed by atoms with van der Waals surface area (Å²) in [5.74, 6) is 0. The number of nitro benzene ring substituents is 1. The summed E-state index contributed by atoms with van der Waals surface area (Å²) >= 11 is 6.20. The van der Waals surface area contributed by atoms with Crippen LogP contribution in [0.2, 0.25) is 0 Å². The van der Waals surface area contributed by atoms with Crippen LogP contribution in [0.25, 0.3) is 10.9 Å². The van der Waals surface area contributed by atoms with E-state index < -0.39 is 4.92 Å². The molecule has 1 atom stereocenters. The summed E-state index contributed by atoms with van der Waals surface area (Å²) in [5.41, 5.74) is 1.78. The number of hydrogen-bond donors (Lipinski definition) is 0. The van der Waals surface area contributed by atoms with Crippen molar-refractivity contribution in [1.29, 1.82) is 0 Å². The monoisotopic (exact) mass is 278 g/mol. The summed E-state index contributed by atoms with van der Waals surface area (Å²) in [4.78, 5) is 14.8. The molecule has 0 spiro atoms. The molecule has 0 fully saturated rings. The SMILES string of the molecule is CCCC(Cl)Cc1ccc2cc([N+](=O)[O-])ccc2n1. The molecule has 0 N–H and O–H groups in total. The van der Waals surface area contributed by atoms with Gasteiger partial charge in [-0.1, -0.05) is 19.4 Å². The van der Waals surface area contributed by atoms with E-state index in [0.29, 0.717) is 0 Å². The van der Waals surface area contributed by atoms with Crippen LogP contribution in [-0.2, 0) is 6.42 Å². The number of fused-ring (bicyclic) bond motifs is 1. The first kappa shape index (κ1) is 13.7. The summed E-state index contributed by atoms with van der Waals surface area (Å²) in [7, 11) is 0. The van der Waals surface area contributed by atoms with Crippen LogP contribution in [0.5, 0.6) is 0 Å². The largest absolute Gasteiger partial charge is 0.270 e. The van der Waals surface area contributed by atoms with Crippen molar-refractivity contribution in [2.45, 2.75) is 31.6 Å². The average molecular weight is 279 g/mol. The van der Waals surface area contributed by atoms with Crippen molar-refractivity contribution in [1.82, 2.24) is 4.98 Å². The van der Waals surface area contributed by atoms with E-state index in [9.17, 15) is 10.1 Å². The highest BCUT2D eigenvalue weighted by atomic mass is 35.5. The molecular weight excluding hydrogens is 264 g/mol. The van der Waals surface area contributed by atoms with Gasteiger partial charge in [0.2, 0.25) is 0 Å². The number of hydrogen-bond acceptors (Lipinski definition) is 3. The van der Waals surface area contributed by atoms with E-state index in [2.05, 4.69) is 11.9 Å². The van der Waals surface area contributed by atoms with E-state index in [1.807, 2.05) is 12.1 Å². The first-order valence-corrected chi connectivity index (χ1v) is 6.72. The van der Waals surface area contributed by atoms with E-state index in [0.717, 1.165) is 35.9 Å². The highest BCUT2D eigenvalue weighted by molar-refractivity contribution is 6.20. The number of halogens is 1. The van der Waals surface area contributed by atoms with E-state index in [1.165, 1.54) is 12.1 Å². The van der Waals surface area contributed by atoms with Gasteiger partial charge in [-0.05, 0) is 18.6 Å². The van der Waals surface area contributed by atoms with E-state index >= 15 is 0 Å². The van der Waals surface area contributed by atoms with Crippen molar-refractivity contribution in [3.05, 3.63) is 46.1 Å². The van der Waals surface area contributed by atoms with Crippen LogP contribution in [0.15, 0.2) is 30.3 Å². The molecule has 5 heteroatoms. The predicted octanol–water partition coefficient (Wildman–Crippen LogP) is 4.09. The zero-order valence-electron chi connectivity index (χ0n) is 10.7. The predicted molar refractivity (Wildman–Crippen MR) is 76.7 cm³/mol. The Morgan fingerprint density at radius 1 is 1.37 bits per heavy atom. The number of aromatic nitrogens is 1. The summed E-state index contributed by atoms with van der Waals surface area (Å²) in [6.07, 6.45) is 2.73. The molecule has 19 heavy (non-hydrogen) atoms. The minimum Gasteiger partial charge on any atom is -0.258 e. The van der Waals surface area contributed by atoms with Crippen LogP contribution in [0.3, 0.4) is 0 Å². The van der Waals surface area contributed by atoms with Gasteiger partial charge in [-0.3, -0.25) is 15.1 Å². The fraction of sp³-hybridized carbons (Fsp3) is 0.357. The van der Waals surface area contributed by atoms with E-state index in [4.69, 9.17) is 11.6 Å². The third-order valence-corrected chi connectivity index (χ3v) is 3.35. The number of non-ortho nitro benzene ring substituents is 1. The Balaban J connectivity index is 2.26. The number of benzene rings is 1. The molecule has 0 aliphatic heterocycles. The standard InChI is InChI=1S/C14H15ClN2O2/c1-2-3-11(15)9-12-5-4-10-8-13(17(18)19)6-7-14(10)16-12/h4-8,11H,2-3,9H2,1H3. The van der Waals surface area contributed by atoms with Crippen molar-refractivity contribution in [3.63, 3.8) is 0 Å². The van der Waals surface area contributed by atoms with Crippen molar-refractivity contribution >= 4 is 28.2 Å². The molecular formula is C14H15ClN2O2. The van der Waals surface area contributed by atoms with Gasteiger partial charge in [-0.2, -0.15) is 0 Å². The minimum atomic E-state index is -0.399. The van der Waals surface area contributed by atoms with Gasteiger partial charge in [-0.25, -0.2) is 0 Å². The van der Waals surface area contributed by atoms with Crippen LogP contribution in [0.4, 0.5) is 5.69 Å². The molecule has 0 bridgehead atoms. The van der Waals surface area contributed by atoms with E-state index in [-0.39, 0.29) is 11.1 Å². The zero-order valence-corrected chi connectivity index (χ0v) is 11.4. The van der Waals surface area contributed by atoms with Gasteiger partial charge in [0.1, 0.15) is 0 Å². The summed E-state index contributed by atoms with van der Waals surface area (Å²) in [5, 5.41) is 11.6. The molecule has 0 radical (unpaired) electrons. The van der Waals surface area contributed by atoms with E-state index in [1.54, 1.807) is 6.07 Å². The number of nitrogens with zero attached hydrogens (tertiary/aromatic N) is 2. The zero-order chi connectivity index (χ0) is 13.8. The molecule has 2 aromatic rings. The topological polar surface area (TPSA) is 56.0 Å². The Hall–Kier alpha value is -1.68. The molecule has 2 rings (SSSR count). The van der Waals surface area contributed by atoms with Crippen molar-refractivity contribution < 1.29 is 4.92 Å². The first-order valence-electron chi connectivity index (χ1n) is 6.28. The maximum absolute atomic E-state index is 10.7. The van der Waals surface area contributed by atoms with Gasteiger partial charge in [0.05, 0.1) is 10.4 Å². The smallest absolute Gasteiger partial charge is 0.258 e. The Bertz CT molecular complexity index is 601. The molecule has 1 unspecified atom stereocenters. The highest BCUT2D eigenvalue weighted by Gasteiger charge is 2.09. The third-order valence-electron chi connectivity index (χ3n) is 2.97. The summed E-state index contributed by atoms with van der Waals surface area (Å²) in [6, 6.07) is 8.44. The third kappa shape index (κ3) is 3.41.